The highest BCUT2D eigenvalue weighted by molar-refractivity contribution is 5.84. The van der Waals surface area contributed by atoms with Crippen molar-refractivity contribution in [3.05, 3.63) is 65.4 Å². The lowest BCUT2D eigenvalue weighted by Crippen LogP contribution is -2.01. The molecule has 0 fully saturated rings. The summed E-state index contributed by atoms with van der Waals surface area (Å²) in [6.07, 6.45) is 0. The van der Waals surface area contributed by atoms with Crippen LogP contribution in [0.4, 0.5) is 0 Å². The molecule has 0 saturated heterocycles. The van der Waals surface area contributed by atoms with Crippen LogP contribution in [0.1, 0.15) is 16.8 Å². The molecule has 2 aromatic carbocycles. The Morgan fingerprint density at radius 1 is 1.00 bits per heavy atom. The molecule has 0 amide bonds. The molecule has 20 heavy (non-hydrogen) atoms. The van der Waals surface area contributed by atoms with Gasteiger partial charge in [-0.1, -0.05) is 29.8 Å². The Hall–Kier alpha value is -2.22. The lowest BCUT2D eigenvalue weighted by molar-refractivity contribution is 0.297. The average Bonchev–Trinajstić information content (AvgIpc) is 2.77. The lowest BCUT2D eigenvalue weighted by Gasteiger charge is -2.07. The molecule has 1 heterocycles. The molecule has 0 bridgehead atoms. The highest BCUT2D eigenvalue weighted by atomic mass is 16.5. The van der Waals surface area contributed by atoms with Crippen LogP contribution in [0, 0.1) is 13.8 Å². The van der Waals surface area contributed by atoms with E-state index in [-0.39, 0.29) is 0 Å². The fourth-order valence-electron chi connectivity index (χ4n) is 2.49. The van der Waals surface area contributed by atoms with Gasteiger partial charge in [-0.25, -0.2) is 0 Å². The zero-order valence-corrected chi connectivity index (χ0v) is 12.2. The third-order valence-corrected chi connectivity index (χ3v) is 3.81. The van der Waals surface area contributed by atoms with E-state index in [1.807, 2.05) is 12.1 Å². The van der Waals surface area contributed by atoms with Gasteiger partial charge in [0, 0.05) is 18.0 Å². The standard InChI is InChI=1S/C18H19NO/c1-13-7-9-16(10-8-13)20-12-15-11-17-14(2)5-4-6-18(17)19(15)3/h4-11H,12H2,1-3H3. The second-order valence-corrected chi connectivity index (χ2v) is 5.30. The normalized spacial score (nSPS) is 10.9. The minimum atomic E-state index is 0.591. The molecule has 0 aliphatic carbocycles. The van der Waals surface area contributed by atoms with E-state index in [0.29, 0.717) is 6.61 Å². The monoisotopic (exact) mass is 265 g/mol. The van der Waals surface area contributed by atoms with E-state index in [4.69, 9.17) is 4.74 Å². The number of ether oxygens (including phenoxy) is 1. The summed E-state index contributed by atoms with van der Waals surface area (Å²) in [4.78, 5) is 0. The topological polar surface area (TPSA) is 14.2 Å². The number of hydrogen-bond acceptors (Lipinski definition) is 1. The van der Waals surface area contributed by atoms with Gasteiger partial charge in [-0.3, -0.25) is 0 Å². The number of nitrogens with zero attached hydrogens (tertiary/aromatic N) is 1. The summed E-state index contributed by atoms with van der Waals surface area (Å²) >= 11 is 0. The SMILES string of the molecule is Cc1ccc(OCc2cc3c(C)cccc3n2C)cc1. The predicted molar refractivity (Wildman–Crippen MR) is 83.2 cm³/mol. The minimum absolute atomic E-state index is 0.591. The van der Waals surface area contributed by atoms with Gasteiger partial charge < -0.3 is 9.30 Å². The van der Waals surface area contributed by atoms with Crippen LogP contribution < -0.4 is 4.74 Å². The van der Waals surface area contributed by atoms with Gasteiger partial charge in [0.1, 0.15) is 12.4 Å². The third kappa shape index (κ3) is 2.29. The van der Waals surface area contributed by atoms with E-state index in [1.165, 1.54) is 27.7 Å². The van der Waals surface area contributed by atoms with Crippen molar-refractivity contribution >= 4 is 10.9 Å². The minimum Gasteiger partial charge on any atom is -0.487 e. The van der Waals surface area contributed by atoms with Gasteiger partial charge in [0.05, 0.1) is 5.69 Å². The van der Waals surface area contributed by atoms with Gasteiger partial charge in [0.15, 0.2) is 0 Å². The quantitative estimate of drug-likeness (QED) is 0.685. The average molecular weight is 265 g/mol. The molecule has 2 nitrogen and oxygen atoms in total. The summed E-state index contributed by atoms with van der Waals surface area (Å²) in [7, 11) is 2.09. The van der Waals surface area contributed by atoms with E-state index < -0.39 is 0 Å². The van der Waals surface area contributed by atoms with E-state index in [9.17, 15) is 0 Å². The molecule has 2 heteroatoms. The number of aryl methyl sites for hydroxylation is 3. The van der Waals surface area contributed by atoms with Crippen LogP contribution in [0.5, 0.6) is 5.75 Å². The fourth-order valence-corrected chi connectivity index (χ4v) is 2.49. The summed E-state index contributed by atoms with van der Waals surface area (Å²) in [5.41, 5.74) is 5.00. The molecule has 0 aliphatic rings. The first kappa shape index (κ1) is 12.8. The molecule has 3 aromatic rings. The molecule has 0 N–H and O–H groups in total. The van der Waals surface area contributed by atoms with Crippen molar-refractivity contribution in [2.75, 3.05) is 0 Å². The second-order valence-electron chi connectivity index (χ2n) is 5.30. The maximum atomic E-state index is 5.88. The first-order valence-electron chi connectivity index (χ1n) is 6.88. The molecular weight excluding hydrogens is 246 g/mol. The highest BCUT2D eigenvalue weighted by Crippen LogP contribution is 2.23. The van der Waals surface area contributed by atoms with Crippen molar-refractivity contribution < 1.29 is 4.74 Å². The highest BCUT2D eigenvalue weighted by Gasteiger charge is 2.07. The Labute approximate surface area is 119 Å². The Morgan fingerprint density at radius 3 is 2.45 bits per heavy atom. The first-order valence-corrected chi connectivity index (χ1v) is 6.88. The van der Waals surface area contributed by atoms with Gasteiger partial charge >= 0.3 is 0 Å². The number of fused-ring (bicyclic) bond motifs is 1. The number of rotatable bonds is 3. The van der Waals surface area contributed by atoms with Crippen LogP contribution in [0.2, 0.25) is 0 Å². The summed E-state index contributed by atoms with van der Waals surface area (Å²) in [6.45, 7) is 4.82. The smallest absolute Gasteiger partial charge is 0.128 e. The lowest BCUT2D eigenvalue weighted by atomic mass is 10.1. The van der Waals surface area contributed by atoms with E-state index >= 15 is 0 Å². The van der Waals surface area contributed by atoms with Gasteiger partial charge in [-0.05, 0) is 43.7 Å². The van der Waals surface area contributed by atoms with Crippen molar-refractivity contribution in [2.24, 2.45) is 7.05 Å². The molecule has 3 rings (SSSR count). The zero-order chi connectivity index (χ0) is 14.1. The molecule has 1 aromatic heterocycles. The third-order valence-electron chi connectivity index (χ3n) is 3.81. The van der Waals surface area contributed by atoms with Gasteiger partial charge in [0.2, 0.25) is 0 Å². The molecular formula is C18H19NO. The Morgan fingerprint density at radius 2 is 1.75 bits per heavy atom. The first-order chi connectivity index (χ1) is 9.65. The van der Waals surface area contributed by atoms with Crippen LogP contribution in [-0.2, 0) is 13.7 Å². The molecule has 0 atom stereocenters. The number of benzene rings is 2. The fraction of sp³-hybridized carbons (Fsp3) is 0.222. The van der Waals surface area contributed by atoms with Crippen LogP contribution in [0.15, 0.2) is 48.5 Å². The summed E-state index contributed by atoms with van der Waals surface area (Å²) in [6, 6.07) is 16.8. The van der Waals surface area contributed by atoms with Crippen LogP contribution in [0.3, 0.4) is 0 Å². The maximum Gasteiger partial charge on any atom is 0.128 e. The van der Waals surface area contributed by atoms with Crippen molar-refractivity contribution in [2.45, 2.75) is 20.5 Å². The Balaban J connectivity index is 1.86. The maximum absolute atomic E-state index is 5.88. The van der Waals surface area contributed by atoms with Crippen LogP contribution >= 0.6 is 0 Å². The van der Waals surface area contributed by atoms with Crippen molar-refractivity contribution in [1.29, 1.82) is 0 Å². The number of aromatic nitrogens is 1. The van der Waals surface area contributed by atoms with E-state index in [0.717, 1.165) is 5.75 Å². The van der Waals surface area contributed by atoms with E-state index in [2.05, 4.69) is 61.9 Å². The Kier molecular flexibility index (Phi) is 3.23. The Bertz CT molecular complexity index is 738. The van der Waals surface area contributed by atoms with Crippen molar-refractivity contribution in [3.8, 4) is 5.75 Å². The summed E-state index contributed by atoms with van der Waals surface area (Å²) in [5.74, 6) is 0.914. The molecule has 0 unspecified atom stereocenters. The molecule has 102 valence electrons. The summed E-state index contributed by atoms with van der Waals surface area (Å²) in [5, 5.41) is 1.30. The molecule has 0 spiro atoms. The van der Waals surface area contributed by atoms with Gasteiger partial charge in [-0.2, -0.15) is 0 Å². The van der Waals surface area contributed by atoms with Gasteiger partial charge in [-0.15, -0.1) is 0 Å². The van der Waals surface area contributed by atoms with Gasteiger partial charge in [0.25, 0.3) is 0 Å². The zero-order valence-electron chi connectivity index (χ0n) is 12.2. The molecule has 0 saturated carbocycles. The van der Waals surface area contributed by atoms with E-state index in [1.54, 1.807) is 0 Å². The molecule has 0 aliphatic heterocycles. The largest absolute Gasteiger partial charge is 0.487 e. The van der Waals surface area contributed by atoms with Crippen LogP contribution in [-0.4, -0.2) is 4.57 Å². The van der Waals surface area contributed by atoms with Crippen molar-refractivity contribution in [3.63, 3.8) is 0 Å². The van der Waals surface area contributed by atoms with Crippen molar-refractivity contribution in [1.82, 2.24) is 4.57 Å². The predicted octanol–water partition coefficient (Wildman–Crippen LogP) is 4.37. The number of hydrogen-bond donors (Lipinski definition) is 0. The molecule has 0 radical (unpaired) electrons. The summed E-state index contributed by atoms with van der Waals surface area (Å²) < 4.78 is 8.08. The van der Waals surface area contributed by atoms with Crippen LogP contribution in [0.25, 0.3) is 10.9 Å². The second kappa shape index (κ2) is 5.04.